The van der Waals surface area contributed by atoms with Crippen LogP contribution in [0.15, 0.2) is 42.0 Å². The van der Waals surface area contributed by atoms with Crippen LogP contribution in [0, 0.1) is 0 Å². The number of aryl methyl sites for hydroxylation is 1. The van der Waals surface area contributed by atoms with Crippen LogP contribution in [0.4, 0.5) is 0 Å². The van der Waals surface area contributed by atoms with E-state index < -0.39 is 10.8 Å². The lowest BCUT2D eigenvalue weighted by molar-refractivity contribution is 0.414. The van der Waals surface area contributed by atoms with Gasteiger partial charge in [0.1, 0.15) is 10.8 Å². The van der Waals surface area contributed by atoms with E-state index in [2.05, 4.69) is 10.1 Å². The Hall–Kier alpha value is -1.99. The third kappa shape index (κ3) is 4.05. The topological polar surface area (TPSA) is 57.0 Å². The summed E-state index contributed by atoms with van der Waals surface area (Å²) in [6.45, 7) is 0. The van der Waals surface area contributed by atoms with E-state index in [4.69, 9.17) is 4.74 Å². The molecule has 0 aliphatic heterocycles. The lowest BCUT2D eigenvalue weighted by Crippen LogP contribution is -2.00. The fourth-order valence-electron chi connectivity index (χ4n) is 2.20. The van der Waals surface area contributed by atoms with Gasteiger partial charge in [-0.3, -0.25) is 8.89 Å². The SMILES string of the molecule is COc1cccc(C[S@@](=O)Cc2csc(-c3cnn(C)c3)n2)c1. The van der Waals surface area contributed by atoms with Crippen LogP contribution < -0.4 is 4.74 Å². The number of hydrogen-bond donors (Lipinski definition) is 0. The summed E-state index contributed by atoms with van der Waals surface area (Å²) in [5.74, 6) is 1.73. The molecule has 0 saturated heterocycles. The minimum atomic E-state index is -1.00. The quantitative estimate of drug-likeness (QED) is 0.688. The molecule has 2 heterocycles. The molecule has 0 N–H and O–H groups in total. The van der Waals surface area contributed by atoms with Crippen LogP contribution in [0.1, 0.15) is 11.3 Å². The molecule has 5 nitrogen and oxygen atoms in total. The average molecular weight is 347 g/mol. The summed E-state index contributed by atoms with van der Waals surface area (Å²) >= 11 is 1.55. The van der Waals surface area contributed by atoms with E-state index in [1.165, 1.54) is 0 Å². The zero-order valence-electron chi connectivity index (χ0n) is 12.9. The summed E-state index contributed by atoms with van der Waals surface area (Å²) in [4.78, 5) is 4.56. The Morgan fingerprint density at radius 1 is 1.35 bits per heavy atom. The smallest absolute Gasteiger partial charge is 0.126 e. The van der Waals surface area contributed by atoms with Gasteiger partial charge in [-0.25, -0.2) is 4.98 Å². The van der Waals surface area contributed by atoms with Crippen molar-refractivity contribution in [3.8, 4) is 16.3 Å². The van der Waals surface area contributed by atoms with Crippen molar-refractivity contribution in [2.45, 2.75) is 11.5 Å². The van der Waals surface area contributed by atoms with Crippen LogP contribution in [0.25, 0.3) is 10.6 Å². The van der Waals surface area contributed by atoms with Gasteiger partial charge in [0.2, 0.25) is 0 Å². The Bertz CT molecular complexity index is 826. The normalized spacial score (nSPS) is 12.3. The largest absolute Gasteiger partial charge is 0.497 e. The molecule has 0 radical (unpaired) electrons. The van der Waals surface area contributed by atoms with Crippen molar-refractivity contribution in [2.75, 3.05) is 7.11 Å². The van der Waals surface area contributed by atoms with Gasteiger partial charge >= 0.3 is 0 Å². The number of methoxy groups -OCH3 is 1. The number of thiazole rings is 1. The number of benzene rings is 1. The zero-order chi connectivity index (χ0) is 16.2. The zero-order valence-corrected chi connectivity index (χ0v) is 14.6. The molecule has 3 rings (SSSR count). The molecule has 120 valence electrons. The highest BCUT2D eigenvalue weighted by molar-refractivity contribution is 7.83. The first kappa shape index (κ1) is 15.9. The molecule has 1 atom stereocenters. The minimum Gasteiger partial charge on any atom is -0.497 e. The number of nitrogens with zero attached hydrogens (tertiary/aromatic N) is 3. The predicted octanol–water partition coefficient (Wildman–Crippen LogP) is 3.00. The Morgan fingerprint density at radius 2 is 2.22 bits per heavy atom. The van der Waals surface area contributed by atoms with E-state index in [0.29, 0.717) is 11.5 Å². The summed E-state index contributed by atoms with van der Waals surface area (Å²) in [6, 6.07) is 7.67. The van der Waals surface area contributed by atoms with Crippen molar-refractivity contribution in [3.05, 3.63) is 53.3 Å². The summed E-state index contributed by atoms with van der Waals surface area (Å²) < 4.78 is 19.3. The average Bonchev–Trinajstić information content (AvgIpc) is 3.16. The first-order valence-corrected chi connectivity index (χ1v) is 9.42. The van der Waals surface area contributed by atoms with Crippen molar-refractivity contribution in [1.82, 2.24) is 14.8 Å². The molecule has 0 unspecified atom stereocenters. The Morgan fingerprint density at radius 3 is 2.96 bits per heavy atom. The van der Waals surface area contributed by atoms with Crippen LogP contribution >= 0.6 is 11.3 Å². The highest BCUT2D eigenvalue weighted by Crippen LogP contribution is 2.24. The number of rotatable bonds is 6. The first-order chi connectivity index (χ1) is 11.1. The molecule has 0 bridgehead atoms. The number of aromatic nitrogens is 3. The van der Waals surface area contributed by atoms with Crippen LogP contribution in [-0.4, -0.2) is 26.1 Å². The van der Waals surface area contributed by atoms with Crippen molar-refractivity contribution in [1.29, 1.82) is 0 Å². The summed E-state index contributed by atoms with van der Waals surface area (Å²) in [5, 5.41) is 7.02. The fraction of sp³-hybridized carbons (Fsp3) is 0.250. The number of ether oxygens (including phenoxy) is 1. The maximum Gasteiger partial charge on any atom is 0.126 e. The van der Waals surface area contributed by atoms with Crippen LogP contribution in [0.3, 0.4) is 0 Å². The van der Waals surface area contributed by atoms with E-state index in [1.54, 1.807) is 29.3 Å². The van der Waals surface area contributed by atoms with E-state index >= 15 is 0 Å². The van der Waals surface area contributed by atoms with Crippen molar-refractivity contribution < 1.29 is 8.95 Å². The third-order valence-corrected chi connectivity index (χ3v) is 5.49. The van der Waals surface area contributed by atoms with Crippen molar-refractivity contribution >= 4 is 22.1 Å². The molecule has 2 aromatic heterocycles. The number of hydrogen-bond acceptors (Lipinski definition) is 5. The fourth-order valence-corrected chi connectivity index (χ4v) is 4.23. The van der Waals surface area contributed by atoms with E-state index in [-0.39, 0.29) is 0 Å². The van der Waals surface area contributed by atoms with Gasteiger partial charge in [0.05, 0.1) is 24.8 Å². The molecule has 7 heteroatoms. The van der Waals surface area contributed by atoms with Gasteiger partial charge in [-0.2, -0.15) is 5.10 Å². The summed E-state index contributed by atoms with van der Waals surface area (Å²) in [5.41, 5.74) is 2.85. The highest BCUT2D eigenvalue weighted by atomic mass is 32.2. The monoisotopic (exact) mass is 347 g/mol. The van der Waals surface area contributed by atoms with Crippen LogP contribution in [0.2, 0.25) is 0 Å². The molecule has 0 fully saturated rings. The Kier molecular flexibility index (Phi) is 4.88. The molecule has 1 aromatic carbocycles. The molecular formula is C16H17N3O2S2. The lowest BCUT2D eigenvalue weighted by atomic mass is 10.2. The molecular weight excluding hydrogens is 330 g/mol. The Balaban J connectivity index is 1.65. The molecule has 0 aliphatic carbocycles. The second-order valence-corrected chi connectivity index (χ2v) is 7.44. The van der Waals surface area contributed by atoms with Gasteiger partial charge in [0.15, 0.2) is 0 Å². The predicted molar refractivity (Wildman–Crippen MR) is 92.9 cm³/mol. The van der Waals surface area contributed by atoms with Crippen LogP contribution in [0.5, 0.6) is 5.75 Å². The van der Waals surface area contributed by atoms with Gasteiger partial charge in [-0.05, 0) is 17.7 Å². The van der Waals surface area contributed by atoms with Crippen LogP contribution in [-0.2, 0) is 29.4 Å². The maximum atomic E-state index is 12.3. The molecule has 0 spiro atoms. The van der Waals surface area contributed by atoms with Gasteiger partial charge in [0, 0.05) is 40.7 Å². The molecule has 0 saturated carbocycles. The molecule has 23 heavy (non-hydrogen) atoms. The summed E-state index contributed by atoms with van der Waals surface area (Å²) in [6.07, 6.45) is 3.71. The second kappa shape index (κ2) is 7.06. The van der Waals surface area contributed by atoms with E-state index in [1.807, 2.05) is 42.9 Å². The maximum absolute atomic E-state index is 12.3. The minimum absolute atomic E-state index is 0.452. The first-order valence-electron chi connectivity index (χ1n) is 7.05. The Labute approximate surface area is 141 Å². The summed E-state index contributed by atoms with van der Waals surface area (Å²) in [7, 11) is 2.50. The molecule has 3 aromatic rings. The lowest BCUT2D eigenvalue weighted by Gasteiger charge is -2.04. The molecule has 0 amide bonds. The van der Waals surface area contributed by atoms with Gasteiger partial charge in [-0.1, -0.05) is 12.1 Å². The molecule has 0 aliphatic rings. The highest BCUT2D eigenvalue weighted by Gasteiger charge is 2.10. The van der Waals surface area contributed by atoms with Crippen molar-refractivity contribution in [2.24, 2.45) is 7.05 Å². The standard InChI is InChI=1S/C16H17N3O2S2/c1-19-8-13(7-17-19)16-18-14(9-22-16)11-23(20)10-12-4-3-5-15(6-12)21-2/h3-9H,10-11H2,1-2H3/t23-/m1/s1. The van der Waals surface area contributed by atoms with Gasteiger partial charge < -0.3 is 4.74 Å². The second-order valence-electron chi connectivity index (χ2n) is 5.13. The van der Waals surface area contributed by atoms with Gasteiger partial charge in [0.25, 0.3) is 0 Å². The van der Waals surface area contributed by atoms with E-state index in [0.717, 1.165) is 27.6 Å². The van der Waals surface area contributed by atoms with Gasteiger partial charge in [-0.15, -0.1) is 11.3 Å². The van der Waals surface area contributed by atoms with Crippen molar-refractivity contribution in [3.63, 3.8) is 0 Å². The van der Waals surface area contributed by atoms with E-state index in [9.17, 15) is 4.21 Å². The third-order valence-electron chi connectivity index (χ3n) is 3.27.